The van der Waals surface area contributed by atoms with Crippen molar-refractivity contribution in [1.82, 2.24) is 29.9 Å². The van der Waals surface area contributed by atoms with Gasteiger partial charge in [-0.15, -0.1) is 10.2 Å². The number of likely N-dealkylation sites (tertiary alicyclic amines) is 1. The average Bonchev–Trinajstić information content (AvgIpc) is 3.06. The first-order chi connectivity index (χ1) is 10.1. The highest BCUT2D eigenvalue weighted by Gasteiger charge is 2.25. The maximum Gasteiger partial charge on any atom is 0.234 e. The summed E-state index contributed by atoms with van der Waals surface area (Å²) in [5.74, 6) is 0.873. The second-order valence-corrected chi connectivity index (χ2v) is 5.86. The summed E-state index contributed by atoms with van der Waals surface area (Å²) in [5.41, 5.74) is 0. The number of nitrogens with one attached hydrogen (secondary N) is 1. The van der Waals surface area contributed by atoms with Crippen LogP contribution in [0.2, 0.25) is 0 Å². The summed E-state index contributed by atoms with van der Waals surface area (Å²) in [4.78, 5) is 16.4. The summed E-state index contributed by atoms with van der Waals surface area (Å²) >= 11 is 0. The molecule has 0 spiro atoms. The molecule has 118 valence electrons. The molecule has 2 rings (SSSR count). The average molecular weight is 294 g/mol. The highest BCUT2D eigenvalue weighted by molar-refractivity contribution is 5.77. The van der Waals surface area contributed by atoms with Gasteiger partial charge < -0.3 is 14.8 Å². The molecule has 1 unspecified atom stereocenters. The molecule has 1 fully saturated rings. The lowest BCUT2D eigenvalue weighted by molar-refractivity contribution is -0.122. The molecular formula is C14H26N6O. The molecule has 0 aliphatic carbocycles. The van der Waals surface area contributed by atoms with Crippen molar-refractivity contribution in [1.29, 1.82) is 0 Å². The van der Waals surface area contributed by atoms with Crippen LogP contribution in [0.1, 0.15) is 25.6 Å². The highest BCUT2D eigenvalue weighted by Crippen LogP contribution is 2.12. The molecule has 1 saturated heterocycles. The third-order valence-corrected chi connectivity index (χ3v) is 3.95. The number of nitrogens with zero attached hydrogens (tertiary/aromatic N) is 5. The Labute approximate surface area is 126 Å². The molecular weight excluding hydrogens is 268 g/mol. The fraction of sp³-hybridized carbons (Fsp3) is 0.786. The molecule has 7 nitrogen and oxygen atoms in total. The lowest BCUT2D eigenvalue weighted by atomic mass is 10.2. The van der Waals surface area contributed by atoms with Crippen molar-refractivity contribution in [3.63, 3.8) is 0 Å². The van der Waals surface area contributed by atoms with E-state index in [-0.39, 0.29) is 5.91 Å². The van der Waals surface area contributed by atoms with Gasteiger partial charge in [-0.2, -0.15) is 0 Å². The molecule has 1 atom stereocenters. The van der Waals surface area contributed by atoms with Crippen LogP contribution >= 0.6 is 0 Å². The predicted molar refractivity (Wildman–Crippen MR) is 80.7 cm³/mol. The fourth-order valence-electron chi connectivity index (χ4n) is 2.66. The first-order valence-corrected chi connectivity index (χ1v) is 7.62. The van der Waals surface area contributed by atoms with Crippen LogP contribution in [0.3, 0.4) is 0 Å². The van der Waals surface area contributed by atoms with Crippen molar-refractivity contribution in [3.05, 3.63) is 12.2 Å². The van der Waals surface area contributed by atoms with Gasteiger partial charge in [0.2, 0.25) is 5.91 Å². The number of hydrogen-bond acceptors (Lipinski definition) is 5. The van der Waals surface area contributed by atoms with Gasteiger partial charge in [0.25, 0.3) is 0 Å². The van der Waals surface area contributed by atoms with Gasteiger partial charge in [0.15, 0.2) is 5.82 Å². The second-order valence-electron chi connectivity index (χ2n) is 5.86. The molecule has 1 amide bonds. The third-order valence-electron chi connectivity index (χ3n) is 3.95. The molecule has 0 saturated carbocycles. The summed E-state index contributed by atoms with van der Waals surface area (Å²) in [5, 5.41) is 10.9. The maximum absolute atomic E-state index is 12.0. The molecule has 1 aliphatic rings. The van der Waals surface area contributed by atoms with Crippen molar-refractivity contribution in [2.45, 2.75) is 38.9 Å². The Kier molecular flexibility index (Phi) is 5.69. The molecule has 1 aromatic rings. The summed E-state index contributed by atoms with van der Waals surface area (Å²) in [6, 6.07) is 0.561. The van der Waals surface area contributed by atoms with Crippen LogP contribution < -0.4 is 5.32 Å². The lowest BCUT2D eigenvalue weighted by Crippen LogP contribution is -2.38. The molecule has 1 N–H and O–H groups in total. The van der Waals surface area contributed by atoms with Crippen LogP contribution in [-0.4, -0.2) is 70.2 Å². The minimum absolute atomic E-state index is 0.0560. The van der Waals surface area contributed by atoms with E-state index in [0.717, 1.165) is 38.3 Å². The normalized spacial score (nSPS) is 19.3. The van der Waals surface area contributed by atoms with Crippen LogP contribution in [0.4, 0.5) is 0 Å². The molecule has 1 aromatic heterocycles. The summed E-state index contributed by atoms with van der Waals surface area (Å²) in [7, 11) is 4.18. The van der Waals surface area contributed by atoms with Gasteiger partial charge in [0, 0.05) is 25.7 Å². The van der Waals surface area contributed by atoms with E-state index < -0.39 is 0 Å². The lowest BCUT2D eigenvalue weighted by Gasteiger charge is -2.20. The van der Waals surface area contributed by atoms with E-state index in [1.54, 1.807) is 6.33 Å². The monoisotopic (exact) mass is 294 g/mol. The Morgan fingerprint density at radius 3 is 3.00 bits per heavy atom. The van der Waals surface area contributed by atoms with Gasteiger partial charge in [-0.1, -0.05) is 6.92 Å². The van der Waals surface area contributed by atoms with E-state index in [9.17, 15) is 4.79 Å². The number of amides is 1. The van der Waals surface area contributed by atoms with E-state index in [0.29, 0.717) is 19.1 Å². The molecule has 1 aliphatic heterocycles. The quantitative estimate of drug-likeness (QED) is 0.763. The zero-order valence-electron chi connectivity index (χ0n) is 13.2. The first-order valence-electron chi connectivity index (χ1n) is 7.62. The van der Waals surface area contributed by atoms with Crippen molar-refractivity contribution >= 4 is 5.91 Å². The van der Waals surface area contributed by atoms with Gasteiger partial charge in [-0.05, 0) is 26.9 Å². The van der Waals surface area contributed by atoms with E-state index >= 15 is 0 Å². The van der Waals surface area contributed by atoms with E-state index in [1.165, 1.54) is 0 Å². The minimum Gasteiger partial charge on any atom is -0.348 e. The van der Waals surface area contributed by atoms with Crippen molar-refractivity contribution in [2.75, 3.05) is 33.7 Å². The predicted octanol–water partition coefficient (Wildman–Crippen LogP) is -0.0598. The Hall–Kier alpha value is -1.47. The second kappa shape index (κ2) is 7.51. The Morgan fingerprint density at radius 2 is 2.33 bits per heavy atom. The maximum atomic E-state index is 12.0. The van der Waals surface area contributed by atoms with E-state index in [2.05, 4.69) is 46.3 Å². The topological polar surface area (TPSA) is 66.3 Å². The zero-order valence-corrected chi connectivity index (χ0v) is 13.2. The molecule has 0 bridgehead atoms. The SMILES string of the molecule is CCCn1cnnc1CNC(=O)CN1CCC(N(C)C)C1. The standard InChI is InChI=1S/C14H26N6O/c1-4-6-20-11-16-17-13(20)8-15-14(21)10-19-7-5-12(9-19)18(2)3/h11-12H,4-10H2,1-3H3,(H,15,21). The van der Waals surface area contributed by atoms with Crippen LogP contribution in [0, 0.1) is 0 Å². The molecule has 2 heterocycles. The Balaban J connectivity index is 1.74. The van der Waals surface area contributed by atoms with Gasteiger partial charge >= 0.3 is 0 Å². The summed E-state index contributed by atoms with van der Waals surface area (Å²) < 4.78 is 1.98. The van der Waals surface area contributed by atoms with Crippen LogP contribution in [0.25, 0.3) is 0 Å². The van der Waals surface area contributed by atoms with Gasteiger partial charge in [0.05, 0.1) is 13.1 Å². The van der Waals surface area contributed by atoms with Crippen molar-refractivity contribution in [2.24, 2.45) is 0 Å². The van der Waals surface area contributed by atoms with E-state index in [1.807, 2.05) is 4.57 Å². The van der Waals surface area contributed by atoms with Crippen molar-refractivity contribution < 1.29 is 4.79 Å². The number of rotatable bonds is 7. The molecule has 7 heteroatoms. The molecule has 0 aromatic carbocycles. The molecule has 0 radical (unpaired) electrons. The number of aryl methyl sites for hydroxylation is 1. The first kappa shape index (κ1) is 15.9. The molecule has 21 heavy (non-hydrogen) atoms. The van der Waals surface area contributed by atoms with Crippen LogP contribution in [0.5, 0.6) is 0 Å². The number of carbonyl (C=O) groups excluding carboxylic acids is 1. The van der Waals surface area contributed by atoms with Gasteiger partial charge in [-0.3, -0.25) is 9.69 Å². The zero-order chi connectivity index (χ0) is 15.2. The van der Waals surface area contributed by atoms with Gasteiger partial charge in [-0.25, -0.2) is 0 Å². The van der Waals surface area contributed by atoms with E-state index in [4.69, 9.17) is 0 Å². The smallest absolute Gasteiger partial charge is 0.234 e. The summed E-state index contributed by atoms with van der Waals surface area (Å²) in [6.07, 6.45) is 3.87. The number of likely N-dealkylation sites (N-methyl/N-ethyl adjacent to an activating group) is 1. The Bertz CT molecular complexity index is 458. The largest absolute Gasteiger partial charge is 0.348 e. The summed E-state index contributed by atoms with van der Waals surface area (Å²) in [6.45, 7) is 5.86. The number of hydrogen-bond donors (Lipinski definition) is 1. The minimum atomic E-state index is 0.0560. The number of aromatic nitrogens is 3. The number of carbonyl (C=O) groups is 1. The fourth-order valence-corrected chi connectivity index (χ4v) is 2.66. The van der Waals surface area contributed by atoms with Crippen LogP contribution in [-0.2, 0) is 17.9 Å². The Morgan fingerprint density at radius 1 is 1.52 bits per heavy atom. The van der Waals surface area contributed by atoms with Crippen molar-refractivity contribution in [3.8, 4) is 0 Å². The van der Waals surface area contributed by atoms with Crippen LogP contribution in [0.15, 0.2) is 6.33 Å². The highest BCUT2D eigenvalue weighted by atomic mass is 16.2. The van der Waals surface area contributed by atoms with Gasteiger partial charge in [0.1, 0.15) is 6.33 Å². The third kappa shape index (κ3) is 4.50.